The predicted octanol–water partition coefficient (Wildman–Crippen LogP) is -0.389. The fourth-order valence-electron chi connectivity index (χ4n) is 1.94. The molecule has 1 aromatic rings. The first-order valence-corrected chi connectivity index (χ1v) is 6.99. The number of carbonyl (C=O) groups is 1. The van der Waals surface area contributed by atoms with E-state index in [1.54, 1.807) is 10.9 Å². The Hall–Kier alpha value is -1.08. The molecule has 1 N–H and O–H groups in total. The summed E-state index contributed by atoms with van der Waals surface area (Å²) in [6, 6.07) is 0.362. The minimum absolute atomic E-state index is 0.0174. The molecule has 2 fully saturated rings. The zero-order valence-electron chi connectivity index (χ0n) is 9.50. The van der Waals surface area contributed by atoms with Crippen molar-refractivity contribution in [2.45, 2.75) is 6.04 Å². The fourth-order valence-corrected chi connectivity index (χ4v) is 2.85. The van der Waals surface area contributed by atoms with E-state index < -0.39 is 0 Å². The van der Waals surface area contributed by atoms with Gasteiger partial charge in [-0.3, -0.25) is 4.79 Å². The van der Waals surface area contributed by atoms with Crippen molar-refractivity contribution in [2.24, 2.45) is 0 Å². The number of amides is 1. The molecule has 0 aromatic carbocycles. The van der Waals surface area contributed by atoms with Gasteiger partial charge in [-0.1, -0.05) is 5.21 Å². The Morgan fingerprint density at radius 2 is 2.18 bits per heavy atom. The maximum absolute atomic E-state index is 12.1. The zero-order valence-corrected chi connectivity index (χ0v) is 10.3. The Morgan fingerprint density at radius 1 is 1.41 bits per heavy atom. The smallest absolute Gasteiger partial charge is 0.276 e. The van der Waals surface area contributed by atoms with Crippen LogP contribution in [0.3, 0.4) is 0 Å². The monoisotopic (exact) mass is 253 g/mol. The van der Waals surface area contributed by atoms with E-state index >= 15 is 0 Å². The molecular formula is C10H15N5OS. The van der Waals surface area contributed by atoms with Gasteiger partial charge in [0, 0.05) is 37.7 Å². The van der Waals surface area contributed by atoms with E-state index in [2.05, 4.69) is 15.6 Å². The van der Waals surface area contributed by atoms with Crippen molar-refractivity contribution in [3.8, 4) is 0 Å². The number of hydrogen-bond donors (Lipinski definition) is 1. The number of carbonyl (C=O) groups excluding carboxylic acids is 1. The van der Waals surface area contributed by atoms with Crippen LogP contribution in [0.5, 0.6) is 0 Å². The molecule has 17 heavy (non-hydrogen) atoms. The highest BCUT2D eigenvalue weighted by molar-refractivity contribution is 7.99. The van der Waals surface area contributed by atoms with E-state index in [-0.39, 0.29) is 5.91 Å². The van der Waals surface area contributed by atoms with Crippen LogP contribution in [0.25, 0.3) is 0 Å². The summed E-state index contributed by atoms with van der Waals surface area (Å²) in [6.45, 7) is 3.47. The minimum Gasteiger partial charge on any atom is -0.336 e. The topological polar surface area (TPSA) is 63.1 Å². The van der Waals surface area contributed by atoms with Gasteiger partial charge in [-0.05, 0) is 0 Å². The van der Waals surface area contributed by atoms with Crippen molar-refractivity contribution >= 4 is 17.7 Å². The summed E-state index contributed by atoms with van der Waals surface area (Å²) < 4.78 is 1.79. The lowest BCUT2D eigenvalue weighted by atomic mass is 10.2. The first-order valence-electron chi connectivity index (χ1n) is 5.84. The molecule has 2 saturated heterocycles. The van der Waals surface area contributed by atoms with Gasteiger partial charge in [-0.2, -0.15) is 11.8 Å². The third kappa shape index (κ3) is 2.16. The highest BCUT2D eigenvalue weighted by atomic mass is 32.2. The normalized spacial score (nSPS) is 21.3. The third-order valence-electron chi connectivity index (χ3n) is 3.16. The first kappa shape index (κ1) is 11.0. The van der Waals surface area contributed by atoms with Gasteiger partial charge in [-0.15, -0.1) is 5.10 Å². The highest BCUT2D eigenvalue weighted by Crippen LogP contribution is 2.14. The van der Waals surface area contributed by atoms with Gasteiger partial charge in [0.15, 0.2) is 5.69 Å². The molecule has 1 aromatic heterocycles. The van der Waals surface area contributed by atoms with Crippen LogP contribution in [-0.2, 0) is 0 Å². The van der Waals surface area contributed by atoms with Gasteiger partial charge in [0.2, 0.25) is 0 Å². The SMILES string of the molecule is O=C(c1cn(C2CNC2)nn1)N1CCSCC1. The molecule has 0 atom stereocenters. The molecule has 0 radical (unpaired) electrons. The second kappa shape index (κ2) is 4.66. The summed E-state index contributed by atoms with van der Waals surface area (Å²) in [7, 11) is 0. The molecule has 3 heterocycles. The second-order valence-corrected chi connectivity index (χ2v) is 5.53. The Morgan fingerprint density at radius 3 is 2.82 bits per heavy atom. The number of nitrogens with one attached hydrogen (secondary N) is 1. The molecule has 0 bridgehead atoms. The van der Waals surface area contributed by atoms with E-state index in [0.29, 0.717) is 11.7 Å². The van der Waals surface area contributed by atoms with E-state index in [4.69, 9.17) is 0 Å². The van der Waals surface area contributed by atoms with Crippen molar-refractivity contribution in [3.63, 3.8) is 0 Å². The molecule has 3 rings (SSSR count). The average molecular weight is 253 g/mol. The molecule has 0 spiro atoms. The Kier molecular flexibility index (Phi) is 3.02. The Labute approximate surface area is 104 Å². The van der Waals surface area contributed by atoms with Crippen LogP contribution < -0.4 is 5.32 Å². The van der Waals surface area contributed by atoms with Crippen molar-refractivity contribution in [2.75, 3.05) is 37.7 Å². The van der Waals surface area contributed by atoms with Crippen LogP contribution >= 0.6 is 11.8 Å². The molecule has 0 unspecified atom stereocenters. The third-order valence-corrected chi connectivity index (χ3v) is 4.10. The zero-order chi connectivity index (χ0) is 11.7. The van der Waals surface area contributed by atoms with Crippen LogP contribution in [-0.4, -0.2) is 63.5 Å². The summed E-state index contributed by atoms with van der Waals surface area (Å²) in [6.07, 6.45) is 1.77. The van der Waals surface area contributed by atoms with Gasteiger partial charge >= 0.3 is 0 Å². The van der Waals surface area contributed by atoms with Gasteiger partial charge in [0.1, 0.15) is 0 Å². The van der Waals surface area contributed by atoms with Crippen LogP contribution in [0, 0.1) is 0 Å². The quantitative estimate of drug-likeness (QED) is 0.778. The summed E-state index contributed by atoms with van der Waals surface area (Å²) >= 11 is 1.89. The molecular weight excluding hydrogens is 238 g/mol. The van der Waals surface area contributed by atoms with Crippen molar-refractivity contribution in [1.29, 1.82) is 0 Å². The maximum atomic E-state index is 12.1. The number of aromatic nitrogens is 3. The molecule has 92 valence electrons. The Bertz CT molecular complexity index is 411. The van der Waals surface area contributed by atoms with Crippen LogP contribution in [0.1, 0.15) is 16.5 Å². The Balaban J connectivity index is 1.69. The first-order chi connectivity index (χ1) is 8.34. The minimum atomic E-state index is 0.0174. The standard InChI is InChI=1S/C10H15N5OS/c16-10(14-1-3-17-4-2-14)9-7-15(13-12-9)8-5-11-6-8/h7-8,11H,1-6H2. The fraction of sp³-hybridized carbons (Fsp3) is 0.700. The highest BCUT2D eigenvalue weighted by Gasteiger charge is 2.24. The summed E-state index contributed by atoms with van der Waals surface area (Å²) in [5, 5.41) is 11.2. The summed E-state index contributed by atoms with van der Waals surface area (Å²) in [5.41, 5.74) is 0.476. The number of thioether (sulfide) groups is 1. The number of rotatable bonds is 2. The summed E-state index contributed by atoms with van der Waals surface area (Å²) in [5.74, 6) is 2.06. The molecule has 2 aliphatic rings. The van der Waals surface area contributed by atoms with Crippen molar-refractivity contribution in [1.82, 2.24) is 25.2 Å². The lowest BCUT2D eigenvalue weighted by molar-refractivity contribution is 0.0766. The number of hydrogen-bond acceptors (Lipinski definition) is 5. The summed E-state index contributed by atoms with van der Waals surface area (Å²) in [4.78, 5) is 14.0. The van der Waals surface area contributed by atoms with Gasteiger partial charge in [0.25, 0.3) is 5.91 Å². The van der Waals surface area contributed by atoms with E-state index in [9.17, 15) is 4.79 Å². The van der Waals surface area contributed by atoms with Crippen molar-refractivity contribution in [3.05, 3.63) is 11.9 Å². The van der Waals surface area contributed by atoms with Crippen molar-refractivity contribution < 1.29 is 4.79 Å². The number of nitrogens with zero attached hydrogens (tertiary/aromatic N) is 4. The molecule has 0 aliphatic carbocycles. The second-order valence-electron chi connectivity index (χ2n) is 4.30. The molecule has 7 heteroatoms. The van der Waals surface area contributed by atoms with Crippen LogP contribution in [0.2, 0.25) is 0 Å². The molecule has 1 amide bonds. The van der Waals surface area contributed by atoms with Gasteiger partial charge in [-0.25, -0.2) is 4.68 Å². The van der Waals surface area contributed by atoms with E-state index in [1.807, 2.05) is 16.7 Å². The maximum Gasteiger partial charge on any atom is 0.276 e. The van der Waals surface area contributed by atoms with Gasteiger partial charge < -0.3 is 10.2 Å². The lowest BCUT2D eigenvalue weighted by Gasteiger charge is -2.26. The van der Waals surface area contributed by atoms with E-state index in [0.717, 1.165) is 37.7 Å². The van der Waals surface area contributed by atoms with Crippen LogP contribution in [0.15, 0.2) is 6.20 Å². The molecule has 2 aliphatic heterocycles. The lowest BCUT2D eigenvalue weighted by Crippen LogP contribution is -2.43. The average Bonchev–Trinajstić information content (AvgIpc) is 2.76. The van der Waals surface area contributed by atoms with Gasteiger partial charge in [0.05, 0.1) is 12.2 Å². The molecule has 6 nitrogen and oxygen atoms in total. The largest absolute Gasteiger partial charge is 0.336 e. The van der Waals surface area contributed by atoms with Crippen LogP contribution in [0.4, 0.5) is 0 Å². The molecule has 0 saturated carbocycles. The predicted molar refractivity (Wildman–Crippen MR) is 65.2 cm³/mol. The van der Waals surface area contributed by atoms with E-state index in [1.165, 1.54) is 0 Å².